The second-order valence-electron chi connectivity index (χ2n) is 6.28. The minimum absolute atomic E-state index is 0.0252. The van der Waals surface area contributed by atoms with Crippen molar-refractivity contribution in [1.82, 2.24) is 15.1 Å². The van der Waals surface area contributed by atoms with Crippen molar-refractivity contribution in [3.05, 3.63) is 11.8 Å². The first-order valence-electron chi connectivity index (χ1n) is 6.79. The SMILES string of the molecule is CC(C)(C)C(=O)N1CCCC(c2nnc(C(F)(F)F)o2)C1. The van der Waals surface area contributed by atoms with E-state index >= 15 is 0 Å². The summed E-state index contributed by atoms with van der Waals surface area (Å²) in [5.41, 5.74) is -0.520. The molecule has 21 heavy (non-hydrogen) atoms. The molecule has 0 radical (unpaired) electrons. The molecule has 1 aromatic heterocycles. The van der Waals surface area contributed by atoms with E-state index in [1.54, 1.807) is 4.90 Å². The summed E-state index contributed by atoms with van der Waals surface area (Å²) in [7, 11) is 0. The fourth-order valence-corrected chi connectivity index (χ4v) is 2.35. The van der Waals surface area contributed by atoms with E-state index in [2.05, 4.69) is 10.2 Å². The molecule has 5 nitrogen and oxygen atoms in total. The maximum absolute atomic E-state index is 12.5. The Morgan fingerprint density at radius 1 is 1.29 bits per heavy atom. The third kappa shape index (κ3) is 3.54. The van der Waals surface area contributed by atoms with Gasteiger partial charge in [0.25, 0.3) is 0 Å². The third-order valence-corrected chi connectivity index (χ3v) is 3.38. The van der Waals surface area contributed by atoms with Crippen LogP contribution in [0.5, 0.6) is 0 Å². The number of hydrogen-bond acceptors (Lipinski definition) is 4. The predicted octanol–water partition coefficient (Wildman–Crippen LogP) is 2.84. The number of alkyl halides is 3. The predicted molar refractivity (Wildman–Crippen MR) is 67.3 cm³/mol. The number of hydrogen-bond donors (Lipinski definition) is 0. The summed E-state index contributed by atoms with van der Waals surface area (Å²) < 4.78 is 42.1. The van der Waals surface area contributed by atoms with Crippen molar-refractivity contribution >= 4 is 5.91 Å². The Kier molecular flexibility index (Phi) is 3.99. The lowest BCUT2D eigenvalue weighted by Gasteiger charge is -2.35. The van der Waals surface area contributed by atoms with Gasteiger partial charge in [-0.1, -0.05) is 20.8 Å². The van der Waals surface area contributed by atoms with Crippen LogP contribution in [0.4, 0.5) is 13.2 Å². The van der Waals surface area contributed by atoms with Crippen LogP contribution in [0.15, 0.2) is 4.42 Å². The highest BCUT2D eigenvalue weighted by Crippen LogP contribution is 2.32. The molecule has 0 bridgehead atoms. The fourth-order valence-electron chi connectivity index (χ4n) is 2.35. The zero-order valence-corrected chi connectivity index (χ0v) is 12.2. The van der Waals surface area contributed by atoms with Gasteiger partial charge in [0, 0.05) is 18.5 Å². The summed E-state index contributed by atoms with van der Waals surface area (Å²) in [6.07, 6.45) is -3.30. The van der Waals surface area contributed by atoms with Crippen LogP contribution >= 0.6 is 0 Å². The van der Waals surface area contributed by atoms with Crippen molar-refractivity contribution in [2.75, 3.05) is 13.1 Å². The molecule has 1 saturated heterocycles. The molecule has 1 unspecified atom stereocenters. The van der Waals surface area contributed by atoms with E-state index in [0.717, 1.165) is 0 Å². The van der Waals surface area contributed by atoms with Crippen LogP contribution in [0.25, 0.3) is 0 Å². The normalized spacial score (nSPS) is 20.7. The molecular formula is C13H18F3N3O2. The molecule has 1 aromatic rings. The summed E-state index contributed by atoms with van der Waals surface area (Å²) in [6.45, 7) is 6.36. The van der Waals surface area contributed by atoms with E-state index in [1.165, 1.54) is 0 Å². The minimum Gasteiger partial charge on any atom is -0.417 e. The van der Waals surface area contributed by atoms with Crippen molar-refractivity contribution in [1.29, 1.82) is 0 Å². The van der Waals surface area contributed by atoms with Crippen molar-refractivity contribution < 1.29 is 22.4 Å². The number of nitrogens with zero attached hydrogens (tertiary/aromatic N) is 3. The van der Waals surface area contributed by atoms with Gasteiger partial charge in [-0.15, -0.1) is 10.2 Å². The highest BCUT2D eigenvalue weighted by molar-refractivity contribution is 5.81. The molecule has 2 rings (SSSR count). The Hall–Kier alpha value is -1.60. The number of carbonyl (C=O) groups excluding carboxylic acids is 1. The van der Waals surface area contributed by atoms with Crippen molar-refractivity contribution in [3.8, 4) is 0 Å². The van der Waals surface area contributed by atoms with E-state index in [9.17, 15) is 18.0 Å². The fraction of sp³-hybridized carbons (Fsp3) is 0.769. The summed E-state index contributed by atoms with van der Waals surface area (Å²) in [4.78, 5) is 13.9. The topological polar surface area (TPSA) is 59.2 Å². The van der Waals surface area contributed by atoms with Gasteiger partial charge in [-0.2, -0.15) is 13.2 Å². The van der Waals surface area contributed by atoms with Gasteiger partial charge in [-0.25, -0.2) is 0 Å². The van der Waals surface area contributed by atoms with Crippen LogP contribution in [0, 0.1) is 5.41 Å². The number of rotatable bonds is 1. The summed E-state index contributed by atoms with van der Waals surface area (Å²) in [5.74, 6) is -1.75. The number of carbonyl (C=O) groups is 1. The average molecular weight is 305 g/mol. The first kappa shape index (κ1) is 15.8. The molecule has 0 saturated carbocycles. The highest BCUT2D eigenvalue weighted by atomic mass is 19.4. The van der Waals surface area contributed by atoms with Gasteiger partial charge in [0.15, 0.2) is 0 Å². The maximum Gasteiger partial charge on any atom is 0.470 e. The Morgan fingerprint density at radius 2 is 1.95 bits per heavy atom. The van der Waals surface area contributed by atoms with Crippen LogP contribution in [-0.2, 0) is 11.0 Å². The van der Waals surface area contributed by atoms with Gasteiger partial charge in [-0.3, -0.25) is 4.79 Å². The monoisotopic (exact) mass is 305 g/mol. The Morgan fingerprint density at radius 3 is 2.48 bits per heavy atom. The Balaban J connectivity index is 2.11. The van der Waals surface area contributed by atoms with Gasteiger partial charge in [0.1, 0.15) is 0 Å². The second kappa shape index (κ2) is 5.31. The smallest absolute Gasteiger partial charge is 0.417 e. The number of halogens is 3. The van der Waals surface area contributed by atoms with Gasteiger partial charge in [0.05, 0.1) is 5.92 Å². The zero-order chi connectivity index (χ0) is 15.8. The quantitative estimate of drug-likeness (QED) is 0.800. The molecule has 2 heterocycles. The minimum atomic E-state index is -4.64. The van der Waals surface area contributed by atoms with E-state index in [1.807, 2.05) is 20.8 Å². The number of piperidine rings is 1. The zero-order valence-electron chi connectivity index (χ0n) is 12.2. The van der Waals surface area contributed by atoms with E-state index < -0.39 is 17.5 Å². The molecule has 1 aliphatic rings. The summed E-state index contributed by atoms with van der Waals surface area (Å²) in [6, 6.07) is 0. The van der Waals surface area contributed by atoms with E-state index in [-0.39, 0.29) is 17.7 Å². The van der Waals surface area contributed by atoms with Gasteiger partial charge in [0.2, 0.25) is 11.8 Å². The maximum atomic E-state index is 12.5. The molecule has 0 spiro atoms. The standard InChI is InChI=1S/C13H18F3N3O2/c1-12(2,3)11(20)19-6-4-5-8(7-19)9-17-18-10(21-9)13(14,15)16/h8H,4-7H2,1-3H3. The van der Waals surface area contributed by atoms with E-state index in [4.69, 9.17) is 4.42 Å². The van der Waals surface area contributed by atoms with Gasteiger partial charge < -0.3 is 9.32 Å². The van der Waals surface area contributed by atoms with Crippen LogP contribution in [0.1, 0.15) is 51.3 Å². The summed E-state index contributed by atoms with van der Waals surface area (Å²) >= 11 is 0. The first-order valence-corrected chi connectivity index (χ1v) is 6.79. The molecule has 0 aromatic carbocycles. The van der Waals surface area contributed by atoms with Crippen LogP contribution < -0.4 is 0 Å². The van der Waals surface area contributed by atoms with Crippen molar-refractivity contribution in [3.63, 3.8) is 0 Å². The molecule has 1 aliphatic heterocycles. The molecule has 8 heteroatoms. The number of likely N-dealkylation sites (tertiary alicyclic amines) is 1. The van der Waals surface area contributed by atoms with Crippen molar-refractivity contribution in [2.24, 2.45) is 5.41 Å². The van der Waals surface area contributed by atoms with Gasteiger partial charge >= 0.3 is 12.1 Å². The lowest BCUT2D eigenvalue weighted by Crippen LogP contribution is -2.44. The molecule has 0 aliphatic carbocycles. The van der Waals surface area contributed by atoms with Crippen LogP contribution in [-0.4, -0.2) is 34.1 Å². The average Bonchev–Trinajstić information content (AvgIpc) is 2.86. The molecule has 0 N–H and O–H groups in total. The lowest BCUT2D eigenvalue weighted by atomic mass is 9.91. The van der Waals surface area contributed by atoms with Crippen LogP contribution in [0.3, 0.4) is 0 Å². The lowest BCUT2D eigenvalue weighted by molar-refractivity contribution is -0.158. The number of aromatic nitrogens is 2. The number of amides is 1. The van der Waals surface area contributed by atoms with Crippen LogP contribution in [0.2, 0.25) is 0 Å². The third-order valence-electron chi connectivity index (χ3n) is 3.38. The summed E-state index contributed by atoms with van der Waals surface area (Å²) in [5, 5.41) is 6.52. The molecule has 1 atom stereocenters. The largest absolute Gasteiger partial charge is 0.470 e. The second-order valence-corrected chi connectivity index (χ2v) is 6.28. The van der Waals surface area contributed by atoms with Crippen molar-refractivity contribution in [2.45, 2.75) is 45.7 Å². The Labute approximate surface area is 120 Å². The molecule has 1 amide bonds. The van der Waals surface area contributed by atoms with E-state index in [0.29, 0.717) is 25.9 Å². The highest BCUT2D eigenvalue weighted by Gasteiger charge is 2.40. The molecular weight excluding hydrogens is 287 g/mol. The first-order chi connectivity index (χ1) is 9.59. The molecule has 1 fully saturated rings. The Bertz CT molecular complexity index is 519. The molecule has 118 valence electrons. The van der Waals surface area contributed by atoms with Gasteiger partial charge in [-0.05, 0) is 12.8 Å².